The maximum absolute atomic E-state index is 12.6. The van der Waals surface area contributed by atoms with E-state index < -0.39 is 0 Å². The predicted molar refractivity (Wildman–Crippen MR) is 109 cm³/mol. The van der Waals surface area contributed by atoms with Gasteiger partial charge in [0.1, 0.15) is 11.4 Å². The zero-order valence-corrected chi connectivity index (χ0v) is 16.2. The Morgan fingerprint density at radius 1 is 1.10 bits per heavy atom. The van der Waals surface area contributed by atoms with Gasteiger partial charge in [-0.05, 0) is 67.6 Å². The number of carbonyl (C=O) groups is 1. The SMILES string of the molecule is O=C1NN=C(c2cnccn2)C1=Cc1[nH]c(C2CC2)c(CNC2CC2)c1C1CC1. The van der Waals surface area contributed by atoms with Crippen LogP contribution < -0.4 is 10.7 Å². The molecule has 2 aromatic rings. The van der Waals surface area contributed by atoms with Crippen LogP contribution in [0.2, 0.25) is 0 Å². The normalized spacial score (nSPS) is 22.8. The fourth-order valence-corrected chi connectivity index (χ4v) is 4.22. The summed E-state index contributed by atoms with van der Waals surface area (Å²) in [5.41, 5.74) is 9.62. The van der Waals surface area contributed by atoms with Crippen molar-refractivity contribution in [3.63, 3.8) is 0 Å². The molecular formula is C22H24N6O. The average molecular weight is 388 g/mol. The van der Waals surface area contributed by atoms with Crippen LogP contribution >= 0.6 is 0 Å². The molecule has 0 saturated heterocycles. The van der Waals surface area contributed by atoms with Crippen molar-refractivity contribution in [1.29, 1.82) is 0 Å². The van der Waals surface area contributed by atoms with Crippen LogP contribution in [0.15, 0.2) is 29.3 Å². The zero-order valence-electron chi connectivity index (χ0n) is 16.2. The smallest absolute Gasteiger partial charge is 0.273 e. The molecule has 0 aromatic carbocycles. The highest BCUT2D eigenvalue weighted by molar-refractivity contribution is 6.32. The molecule has 3 aliphatic carbocycles. The van der Waals surface area contributed by atoms with E-state index in [0.29, 0.717) is 34.9 Å². The topological polar surface area (TPSA) is 95.1 Å². The Bertz CT molecular complexity index is 1030. The summed E-state index contributed by atoms with van der Waals surface area (Å²) in [5.74, 6) is 1.05. The minimum absolute atomic E-state index is 0.187. The number of nitrogens with zero attached hydrogens (tertiary/aromatic N) is 3. The number of hydrogen-bond acceptors (Lipinski definition) is 5. The van der Waals surface area contributed by atoms with E-state index in [9.17, 15) is 4.79 Å². The maximum atomic E-state index is 12.6. The minimum atomic E-state index is -0.187. The van der Waals surface area contributed by atoms with Crippen LogP contribution in [0.3, 0.4) is 0 Å². The second-order valence-corrected chi connectivity index (χ2v) is 8.60. The third-order valence-electron chi connectivity index (χ3n) is 6.19. The molecule has 3 fully saturated rings. The van der Waals surface area contributed by atoms with Gasteiger partial charge in [-0.3, -0.25) is 14.8 Å². The van der Waals surface area contributed by atoms with Crippen molar-refractivity contribution in [2.75, 3.05) is 0 Å². The third-order valence-corrected chi connectivity index (χ3v) is 6.19. The molecule has 0 spiro atoms. The number of rotatable bonds is 7. The van der Waals surface area contributed by atoms with E-state index in [-0.39, 0.29) is 5.91 Å². The third kappa shape index (κ3) is 3.29. The van der Waals surface area contributed by atoms with Gasteiger partial charge in [-0.15, -0.1) is 0 Å². The molecule has 4 aliphatic rings. The summed E-state index contributed by atoms with van der Waals surface area (Å²) < 4.78 is 0. The first-order chi connectivity index (χ1) is 14.3. The molecule has 3 N–H and O–H groups in total. The summed E-state index contributed by atoms with van der Waals surface area (Å²) in [5, 5.41) is 7.93. The van der Waals surface area contributed by atoms with Crippen molar-refractivity contribution in [3.05, 3.63) is 52.4 Å². The first-order valence-electron chi connectivity index (χ1n) is 10.6. The Hall–Kier alpha value is -2.80. The van der Waals surface area contributed by atoms with Crippen molar-refractivity contribution in [2.45, 2.75) is 62.9 Å². The second-order valence-electron chi connectivity index (χ2n) is 8.60. The van der Waals surface area contributed by atoms with Crippen LogP contribution in [0.25, 0.3) is 6.08 Å². The molecule has 148 valence electrons. The van der Waals surface area contributed by atoms with Crippen molar-refractivity contribution in [3.8, 4) is 0 Å². The largest absolute Gasteiger partial charge is 0.358 e. The van der Waals surface area contributed by atoms with Gasteiger partial charge in [0.15, 0.2) is 0 Å². The van der Waals surface area contributed by atoms with E-state index in [1.807, 2.05) is 6.08 Å². The Kier molecular flexibility index (Phi) is 3.90. The molecule has 1 aliphatic heterocycles. The Labute approximate surface area is 169 Å². The highest BCUT2D eigenvalue weighted by atomic mass is 16.2. The zero-order chi connectivity index (χ0) is 19.4. The molecule has 7 nitrogen and oxygen atoms in total. The van der Waals surface area contributed by atoms with E-state index in [4.69, 9.17) is 0 Å². The first kappa shape index (κ1) is 17.1. The fraction of sp³-hybridized carbons (Fsp3) is 0.455. The van der Waals surface area contributed by atoms with Gasteiger partial charge in [0.05, 0.1) is 11.8 Å². The minimum Gasteiger partial charge on any atom is -0.358 e. The van der Waals surface area contributed by atoms with E-state index in [0.717, 1.165) is 12.2 Å². The molecule has 7 heteroatoms. The van der Waals surface area contributed by atoms with Crippen LogP contribution in [-0.4, -0.2) is 32.6 Å². The number of hydrazone groups is 1. The van der Waals surface area contributed by atoms with E-state index in [1.165, 1.54) is 55.3 Å². The number of carbonyl (C=O) groups excluding carboxylic acids is 1. The number of H-pyrrole nitrogens is 1. The van der Waals surface area contributed by atoms with E-state index in [2.05, 4.69) is 30.8 Å². The van der Waals surface area contributed by atoms with Crippen LogP contribution in [-0.2, 0) is 11.3 Å². The molecular weight excluding hydrogens is 364 g/mol. The summed E-state index contributed by atoms with van der Waals surface area (Å²) in [6.45, 7) is 0.930. The van der Waals surface area contributed by atoms with Gasteiger partial charge in [-0.1, -0.05) is 0 Å². The van der Waals surface area contributed by atoms with Crippen LogP contribution in [0.5, 0.6) is 0 Å². The lowest BCUT2D eigenvalue weighted by molar-refractivity contribution is -0.116. The van der Waals surface area contributed by atoms with Gasteiger partial charge in [0.2, 0.25) is 0 Å². The lowest BCUT2D eigenvalue weighted by Crippen LogP contribution is -2.17. The standard InChI is InChI=1S/C22H24N6O/c29-22-15(21(27-28-22)18-11-23-7-8-24-18)9-17-19(12-1-2-12)16(10-25-14-5-6-14)20(26-17)13-3-4-13/h7-9,11-14,25-26H,1-6,10H2,(H,28,29). The quantitative estimate of drug-likeness (QED) is 0.636. The molecule has 3 saturated carbocycles. The van der Waals surface area contributed by atoms with Crippen molar-refractivity contribution < 1.29 is 4.79 Å². The fourth-order valence-electron chi connectivity index (χ4n) is 4.22. The van der Waals surface area contributed by atoms with Gasteiger partial charge < -0.3 is 10.3 Å². The summed E-state index contributed by atoms with van der Waals surface area (Å²) in [6.07, 6.45) is 14.4. The molecule has 0 atom stereocenters. The summed E-state index contributed by atoms with van der Waals surface area (Å²) in [6, 6.07) is 0.682. The van der Waals surface area contributed by atoms with Crippen molar-refractivity contribution >= 4 is 17.7 Å². The van der Waals surface area contributed by atoms with Gasteiger partial charge in [-0.25, -0.2) is 5.43 Å². The van der Waals surface area contributed by atoms with E-state index in [1.54, 1.807) is 18.6 Å². The van der Waals surface area contributed by atoms with Crippen LogP contribution in [0.4, 0.5) is 0 Å². The van der Waals surface area contributed by atoms with Gasteiger partial charge in [0, 0.05) is 36.4 Å². The molecule has 0 unspecified atom stereocenters. The molecule has 6 rings (SSSR count). The average Bonchev–Trinajstić information content (AvgIpc) is 3.60. The molecule has 0 bridgehead atoms. The number of aromatic amines is 1. The van der Waals surface area contributed by atoms with E-state index >= 15 is 0 Å². The lowest BCUT2D eigenvalue weighted by atomic mass is 9.99. The highest BCUT2D eigenvalue weighted by Gasteiger charge is 2.37. The molecule has 0 radical (unpaired) electrons. The van der Waals surface area contributed by atoms with Crippen molar-refractivity contribution in [1.82, 2.24) is 25.7 Å². The van der Waals surface area contributed by atoms with Gasteiger partial charge in [-0.2, -0.15) is 5.10 Å². The second kappa shape index (κ2) is 6.62. The summed E-state index contributed by atoms with van der Waals surface area (Å²) in [7, 11) is 0. The predicted octanol–water partition coefficient (Wildman–Crippen LogP) is 2.73. The molecule has 1 amide bonds. The molecule has 29 heavy (non-hydrogen) atoms. The lowest BCUT2D eigenvalue weighted by Gasteiger charge is -2.08. The number of hydrogen-bond donors (Lipinski definition) is 3. The number of aromatic nitrogens is 3. The molecule has 2 aromatic heterocycles. The van der Waals surface area contributed by atoms with Gasteiger partial charge >= 0.3 is 0 Å². The molecule has 3 heterocycles. The highest BCUT2D eigenvalue weighted by Crippen LogP contribution is 2.49. The number of nitrogens with one attached hydrogen (secondary N) is 3. The van der Waals surface area contributed by atoms with Crippen LogP contribution in [0, 0.1) is 0 Å². The first-order valence-corrected chi connectivity index (χ1v) is 10.6. The maximum Gasteiger partial charge on any atom is 0.273 e. The van der Waals surface area contributed by atoms with Crippen LogP contribution in [0.1, 0.15) is 78.6 Å². The Morgan fingerprint density at radius 2 is 1.93 bits per heavy atom. The Morgan fingerprint density at radius 3 is 2.62 bits per heavy atom. The Balaban J connectivity index is 1.42. The van der Waals surface area contributed by atoms with Crippen molar-refractivity contribution in [2.24, 2.45) is 5.10 Å². The summed E-state index contributed by atoms with van der Waals surface area (Å²) in [4.78, 5) is 24.7. The number of amides is 1. The summed E-state index contributed by atoms with van der Waals surface area (Å²) >= 11 is 0. The monoisotopic (exact) mass is 388 g/mol. The van der Waals surface area contributed by atoms with Gasteiger partial charge in [0.25, 0.3) is 5.91 Å².